The van der Waals surface area contributed by atoms with E-state index in [9.17, 15) is 4.39 Å². The van der Waals surface area contributed by atoms with Crippen LogP contribution in [0.25, 0.3) is 0 Å². The van der Waals surface area contributed by atoms with Gasteiger partial charge in [-0.15, -0.1) is 0 Å². The van der Waals surface area contributed by atoms with Gasteiger partial charge in [0.2, 0.25) is 0 Å². The molecule has 0 saturated carbocycles. The number of rotatable bonds is 4. The van der Waals surface area contributed by atoms with E-state index in [0.29, 0.717) is 6.54 Å². The lowest BCUT2D eigenvalue weighted by Gasteiger charge is -2.24. The number of benzene rings is 2. The summed E-state index contributed by atoms with van der Waals surface area (Å²) >= 11 is 0. The lowest BCUT2D eigenvalue weighted by molar-refractivity contribution is 0.312. The molecule has 21 heavy (non-hydrogen) atoms. The highest BCUT2D eigenvalue weighted by Gasteiger charge is 2.14. The molecule has 2 nitrogen and oxygen atoms in total. The van der Waals surface area contributed by atoms with Gasteiger partial charge in [-0.25, -0.2) is 4.39 Å². The Morgan fingerprint density at radius 1 is 1.05 bits per heavy atom. The van der Waals surface area contributed by atoms with E-state index in [1.54, 1.807) is 6.07 Å². The van der Waals surface area contributed by atoms with Gasteiger partial charge in [0.15, 0.2) is 0 Å². The van der Waals surface area contributed by atoms with Crippen LogP contribution in [0.4, 0.5) is 10.1 Å². The van der Waals surface area contributed by atoms with Crippen LogP contribution in [0.5, 0.6) is 0 Å². The van der Waals surface area contributed by atoms with Crippen molar-refractivity contribution in [2.45, 2.75) is 25.9 Å². The van der Waals surface area contributed by atoms with Gasteiger partial charge in [-0.05, 0) is 43.1 Å². The molecule has 110 valence electrons. The molecule has 1 aliphatic heterocycles. The highest BCUT2D eigenvalue weighted by Crippen LogP contribution is 2.26. The number of nitrogens with one attached hydrogen (secondary N) is 1. The first-order chi connectivity index (χ1) is 10.2. The normalized spacial score (nSPS) is 13.9. The summed E-state index contributed by atoms with van der Waals surface area (Å²) in [5.74, 6) is -0.124. The smallest absolute Gasteiger partial charge is 0.127 e. The van der Waals surface area contributed by atoms with E-state index in [-0.39, 0.29) is 5.82 Å². The van der Waals surface area contributed by atoms with Gasteiger partial charge in [0.25, 0.3) is 0 Å². The van der Waals surface area contributed by atoms with Crippen molar-refractivity contribution in [1.82, 2.24) is 4.90 Å². The second kappa shape index (κ2) is 6.27. The third kappa shape index (κ3) is 3.24. The maximum absolute atomic E-state index is 13.7. The van der Waals surface area contributed by atoms with Gasteiger partial charge in [-0.1, -0.05) is 30.3 Å². The van der Waals surface area contributed by atoms with Crippen molar-refractivity contribution in [3.8, 4) is 0 Å². The van der Waals surface area contributed by atoms with Crippen LogP contribution in [0.15, 0.2) is 42.5 Å². The minimum absolute atomic E-state index is 0.124. The van der Waals surface area contributed by atoms with Crippen LogP contribution in [0.3, 0.4) is 0 Å². The monoisotopic (exact) mass is 284 g/mol. The molecule has 2 aromatic rings. The molecule has 0 unspecified atom stereocenters. The maximum atomic E-state index is 13.7. The lowest BCUT2D eigenvalue weighted by Crippen LogP contribution is -2.21. The molecular formula is C18H21FN2. The number of hydrogen-bond acceptors (Lipinski definition) is 2. The van der Waals surface area contributed by atoms with Crippen molar-refractivity contribution in [2.75, 3.05) is 18.9 Å². The molecule has 2 aromatic carbocycles. The van der Waals surface area contributed by atoms with E-state index >= 15 is 0 Å². The summed E-state index contributed by atoms with van der Waals surface area (Å²) in [5, 5.41) is 3.46. The van der Waals surface area contributed by atoms with Crippen LogP contribution >= 0.6 is 0 Å². The number of nitrogens with zero attached hydrogens (tertiary/aromatic N) is 1. The van der Waals surface area contributed by atoms with E-state index in [2.05, 4.69) is 28.4 Å². The zero-order valence-electron chi connectivity index (χ0n) is 12.4. The van der Waals surface area contributed by atoms with Gasteiger partial charge in [-0.3, -0.25) is 4.90 Å². The van der Waals surface area contributed by atoms with E-state index in [0.717, 1.165) is 25.1 Å². The molecule has 1 N–H and O–H groups in total. The van der Waals surface area contributed by atoms with Crippen LogP contribution < -0.4 is 5.32 Å². The fraction of sp³-hybridized carbons (Fsp3) is 0.333. The zero-order chi connectivity index (χ0) is 14.7. The molecule has 3 heteroatoms. The highest BCUT2D eigenvalue weighted by molar-refractivity contribution is 5.56. The summed E-state index contributed by atoms with van der Waals surface area (Å²) in [6, 6.07) is 13.4. The van der Waals surface area contributed by atoms with E-state index < -0.39 is 0 Å². The van der Waals surface area contributed by atoms with Gasteiger partial charge in [0, 0.05) is 30.9 Å². The average Bonchev–Trinajstić information content (AvgIpc) is 2.50. The summed E-state index contributed by atoms with van der Waals surface area (Å²) in [4.78, 5) is 2.17. The number of halogens is 1. The lowest BCUT2D eigenvalue weighted by atomic mass is 9.97. The van der Waals surface area contributed by atoms with Crippen molar-refractivity contribution in [2.24, 2.45) is 0 Å². The largest absolute Gasteiger partial charge is 0.385 e. The van der Waals surface area contributed by atoms with E-state index in [1.807, 2.05) is 19.2 Å². The number of anilines is 1. The fourth-order valence-corrected chi connectivity index (χ4v) is 3.00. The first-order valence-corrected chi connectivity index (χ1v) is 7.50. The van der Waals surface area contributed by atoms with Gasteiger partial charge in [0.05, 0.1) is 0 Å². The Bertz CT molecular complexity index is 624. The fourth-order valence-electron chi connectivity index (χ4n) is 3.00. The third-order valence-electron chi connectivity index (χ3n) is 4.03. The van der Waals surface area contributed by atoms with Crippen LogP contribution in [0.1, 0.15) is 23.1 Å². The second-order valence-corrected chi connectivity index (χ2v) is 5.74. The average molecular weight is 284 g/mol. The molecule has 0 amide bonds. The molecule has 1 aliphatic rings. The summed E-state index contributed by atoms with van der Waals surface area (Å²) < 4.78 is 13.7. The van der Waals surface area contributed by atoms with E-state index in [4.69, 9.17) is 0 Å². The molecule has 0 aromatic heterocycles. The Kier molecular flexibility index (Phi) is 4.20. The zero-order valence-corrected chi connectivity index (χ0v) is 12.4. The molecule has 0 atom stereocenters. The molecule has 0 fully saturated rings. The molecule has 1 heterocycles. The number of fused-ring (bicyclic) bond motifs is 1. The van der Waals surface area contributed by atoms with Gasteiger partial charge in [0.1, 0.15) is 5.82 Å². The Labute approximate surface area is 125 Å². The van der Waals surface area contributed by atoms with Crippen molar-refractivity contribution < 1.29 is 4.39 Å². The summed E-state index contributed by atoms with van der Waals surface area (Å²) in [5.41, 5.74) is 4.78. The number of hydrogen-bond donors (Lipinski definition) is 1. The molecule has 0 radical (unpaired) electrons. The predicted molar refractivity (Wildman–Crippen MR) is 84.8 cm³/mol. The van der Waals surface area contributed by atoms with Crippen molar-refractivity contribution in [1.29, 1.82) is 0 Å². The van der Waals surface area contributed by atoms with Gasteiger partial charge >= 0.3 is 0 Å². The summed E-state index contributed by atoms with van der Waals surface area (Å²) in [7, 11) is 2.04. The second-order valence-electron chi connectivity index (χ2n) is 5.74. The van der Waals surface area contributed by atoms with Crippen molar-refractivity contribution >= 4 is 5.69 Å². The minimum Gasteiger partial charge on any atom is -0.385 e. The predicted octanol–water partition coefficient (Wildman–Crippen LogP) is 3.82. The molecule has 0 spiro atoms. The van der Waals surface area contributed by atoms with Gasteiger partial charge < -0.3 is 5.32 Å². The quantitative estimate of drug-likeness (QED) is 0.918. The SMILES string of the molecule is CN(Cc1ccccc1F)Cc1cccc2c1CCCN2. The first kappa shape index (κ1) is 14.1. The van der Waals surface area contributed by atoms with Crippen LogP contribution in [-0.2, 0) is 19.5 Å². The van der Waals surface area contributed by atoms with Crippen molar-refractivity contribution in [3.63, 3.8) is 0 Å². The van der Waals surface area contributed by atoms with Crippen LogP contribution in [0.2, 0.25) is 0 Å². The molecule has 3 rings (SSSR count). The van der Waals surface area contributed by atoms with E-state index in [1.165, 1.54) is 29.3 Å². The molecule has 0 bridgehead atoms. The molecule has 0 aliphatic carbocycles. The highest BCUT2D eigenvalue weighted by atomic mass is 19.1. The first-order valence-electron chi connectivity index (χ1n) is 7.50. The Morgan fingerprint density at radius 2 is 1.81 bits per heavy atom. The standard InChI is InChI=1S/C18H21FN2/c1-21(13-15-6-2-3-9-17(15)19)12-14-7-4-10-18-16(14)8-5-11-20-18/h2-4,6-7,9-10,20H,5,8,11-13H2,1H3. The Morgan fingerprint density at radius 3 is 2.67 bits per heavy atom. The Balaban J connectivity index is 1.73. The van der Waals surface area contributed by atoms with Gasteiger partial charge in [-0.2, -0.15) is 0 Å². The third-order valence-corrected chi connectivity index (χ3v) is 4.03. The summed E-state index contributed by atoms with van der Waals surface area (Å²) in [6.07, 6.45) is 2.31. The summed E-state index contributed by atoms with van der Waals surface area (Å²) in [6.45, 7) is 2.53. The maximum Gasteiger partial charge on any atom is 0.127 e. The molecule has 0 saturated heterocycles. The molecular weight excluding hydrogens is 263 g/mol. The Hall–Kier alpha value is -1.87. The van der Waals surface area contributed by atoms with Crippen molar-refractivity contribution in [3.05, 3.63) is 65.0 Å². The topological polar surface area (TPSA) is 15.3 Å². The van der Waals surface area contributed by atoms with Crippen LogP contribution in [-0.4, -0.2) is 18.5 Å². The minimum atomic E-state index is -0.124. The van der Waals surface area contributed by atoms with Crippen LogP contribution in [0, 0.1) is 5.82 Å².